The van der Waals surface area contributed by atoms with Crippen LogP contribution in [0.5, 0.6) is 11.5 Å². The molecule has 0 unspecified atom stereocenters. The first-order chi connectivity index (χ1) is 14.6. The summed E-state index contributed by atoms with van der Waals surface area (Å²) in [4.78, 5) is 31.4. The zero-order valence-electron chi connectivity index (χ0n) is 16.6. The molecule has 1 N–H and O–H groups in total. The highest BCUT2D eigenvalue weighted by molar-refractivity contribution is 7.14. The molecule has 0 bridgehead atoms. The molecule has 7 nitrogen and oxygen atoms in total. The van der Waals surface area contributed by atoms with Crippen LogP contribution in [-0.4, -0.2) is 37.6 Å². The van der Waals surface area contributed by atoms with E-state index < -0.39 is 5.92 Å². The lowest BCUT2D eigenvalue weighted by molar-refractivity contribution is -0.122. The molecular formula is C22H21N3O4S. The number of methoxy groups -OCH3 is 2. The number of thiazole rings is 1. The number of anilines is 2. The van der Waals surface area contributed by atoms with Gasteiger partial charge in [-0.2, -0.15) is 0 Å². The van der Waals surface area contributed by atoms with Gasteiger partial charge in [0.2, 0.25) is 11.8 Å². The Balaban J connectivity index is 1.43. The maximum atomic E-state index is 12.7. The van der Waals surface area contributed by atoms with Crippen LogP contribution < -0.4 is 19.7 Å². The fourth-order valence-electron chi connectivity index (χ4n) is 3.40. The van der Waals surface area contributed by atoms with Gasteiger partial charge in [-0.3, -0.25) is 9.59 Å². The first-order valence-corrected chi connectivity index (χ1v) is 10.3. The number of rotatable bonds is 6. The molecule has 2 amide bonds. The summed E-state index contributed by atoms with van der Waals surface area (Å²) in [5, 5.41) is 5.25. The highest BCUT2D eigenvalue weighted by Gasteiger charge is 2.36. The highest BCUT2D eigenvalue weighted by Crippen LogP contribution is 2.33. The molecule has 2 aromatic carbocycles. The third-order valence-electron chi connectivity index (χ3n) is 4.99. The van der Waals surface area contributed by atoms with Crippen LogP contribution >= 0.6 is 11.3 Å². The molecule has 1 aliphatic heterocycles. The molecule has 1 fully saturated rings. The van der Waals surface area contributed by atoms with Gasteiger partial charge in [-0.1, -0.05) is 12.1 Å². The molecule has 30 heavy (non-hydrogen) atoms. The Bertz CT molecular complexity index is 1060. The maximum Gasteiger partial charge on any atom is 0.231 e. The largest absolute Gasteiger partial charge is 0.497 e. The van der Waals surface area contributed by atoms with E-state index in [0.717, 1.165) is 17.0 Å². The molecule has 2 heterocycles. The number of nitrogens with zero attached hydrogens (tertiary/aromatic N) is 2. The SMILES string of the molecule is COc1ccc(-c2csc(NC(=O)[C@H]3CC(=O)N(c4ccccc4OC)C3)n2)cc1. The molecule has 4 rings (SSSR count). The van der Waals surface area contributed by atoms with Crippen molar-refractivity contribution < 1.29 is 19.1 Å². The number of hydrogen-bond donors (Lipinski definition) is 1. The average Bonchev–Trinajstić information content (AvgIpc) is 3.40. The summed E-state index contributed by atoms with van der Waals surface area (Å²) in [6, 6.07) is 14.9. The molecule has 154 valence electrons. The molecule has 1 aromatic heterocycles. The van der Waals surface area contributed by atoms with Gasteiger partial charge in [-0.25, -0.2) is 4.98 Å². The molecule has 1 aliphatic rings. The van der Waals surface area contributed by atoms with Gasteiger partial charge in [0.05, 0.1) is 31.5 Å². The summed E-state index contributed by atoms with van der Waals surface area (Å²) < 4.78 is 10.5. The second-order valence-corrected chi connectivity index (χ2v) is 7.69. The molecule has 0 aliphatic carbocycles. The Morgan fingerprint density at radius 3 is 2.63 bits per heavy atom. The Morgan fingerprint density at radius 2 is 1.90 bits per heavy atom. The van der Waals surface area contributed by atoms with E-state index in [4.69, 9.17) is 9.47 Å². The number of para-hydroxylation sites is 2. The fraction of sp³-hybridized carbons (Fsp3) is 0.227. The lowest BCUT2D eigenvalue weighted by Gasteiger charge is -2.19. The van der Waals surface area contributed by atoms with E-state index in [2.05, 4.69) is 10.3 Å². The summed E-state index contributed by atoms with van der Waals surface area (Å²) in [5.74, 6) is 0.619. The van der Waals surface area contributed by atoms with E-state index in [1.807, 2.05) is 47.8 Å². The number of hydrogen-bond acceptors (Lipinski definition) is 6. The van der Waals surface area contributed by atoms with Crippen molar-refractivity contribution in [1.29, 1.82) is 0 Å². The Hall–Kier alpha value is -3.39. The fourth-order valence-corrected chi connectivity index (χ4v) is 4.12. The highest BCUT2D eigenvalue weighted by atomic mass is 32.1. The van der Waals surface area contributed by atoms with Crippen molar-refractivity contribution in [2.75, 3.05) is 31.0 Å². The number of nitrogens with one attached hydrogen (secondary N) is 1. The van der Waals surface area contributed by atoms with Gasteiger partial charge in [0.15, 0.2) is 5.13 Å². The van der Waals surface area contributed by atoms with Crippen molar-refractivity contribution in [2.24, 2.45) is 5.92 Å². The topological polar surface area (TPSA) is 80.8 Å². The van der Waals surface area contributed by atoms with Crippen molar-refractivity contribution in [1.82, 2.24) is 4.98 Å². The third kappa shape index (κ3) is 3.99. The standard InChI is InChI=1S/C22H21N3O4S/c1-28-16-9-7-14(8-10-16)17-13-30-22(23-17)24-21(27)15-11-20(26)25(12-15)18-5-3-4-6-19(18)29-2/h3-10,13,15H,11-12H2,1-2H3,(H,23,24,27)/t15-/m0/s1. The predicted molar refractivity (Wildman–Crippen MR) is 116 cm³/mol. The van der Waals surface area contributed by atoms with Crippen LogP contribution in [0.3, 0.4) is 0 Å². The Morgan fingerprint density at radius 1 is 1.13 bits per heavy atom. The first kappa shape index (κ1) is 19.9. The minimum Gasteiger partial charge on any atom is -0.497 e. The number of benzene rings is 2. The number of aromatic nitrogens is 1. The molecule has 0 radical (unpaired) electrons. The molecule has 1 atom stereocenters. The predicted octanol–water partition coefficient (Wildman–Crippen LogP) is 3.82. The quantitative estimate of drug-likeness (QED) is 0.652. The normalized spacial score (nSPS) is 15.9. The van der Waals surface area contributed by atoms with Crippen molar-refractivity contribution >= 4 is 34.0 Å². The minimum atomic E-state index is -0.448. The molecule has 0 saturated carbocycles. The molecule has 3 aromatic rings. The van der Waals surface area contributed by atoms with Crippen molar-refractivity contribution in [3.8, 4) is 22.8 Å². The van der Waals surface area contributed by atoms with Gasteiger partial charge < -0.3 is 19.7 Å². The monoisotopic (exact) mass is 423 g/mol. The van der Waals surface area contributed by atoms with E-state index >= 15 is 0 Å². The van der Waals surface area contributed by atoms with Gasteiger partial charge in [0.1, 0.15) is 11.5 Å². The Labute approximate surface area is 178 Å². The van der Waals surface area contributed by atoms with E-state index in [9.17, 15) is 9.59 Å². The van der Waals surface area contributed by atoms with Crippen LogP contribution in [0.4, 0.5) is 10.8 Å². The van der Waals surface area contributed by atoms with E-state index in [1.54, 1.807) is 25.2 Å². The van der Waals surface area contributed by atoms with E-state index in [1.165, 1.54) is 11.3 Å². The zero-order chi connectivity index (χ0) is 21.1. The van der Waals surface area contributed by atoms with Gasteiger partial charge in [0.25, 0.3) is 0 Å². The van der Waals surface area contributed by atoms with Gasteiger partial charge >= 0.3 is 0 Å². The second kappa shape index (κ2) is 8.54. The maximum absolute atomic E-state index is 12.7. The zero-order valence-corrected chi connectivity index (χ0v) is 17.4. The summed E-state index contributed by atoms with van der Waals surface area (Å²) in [5.41, 5.74) is 2.39. The molecule has 1 saturated heterocycles. The smallest absolute Gasteiger partial charge is 0.231 e. The second-order valence-electron chi connectivity index (χ2n) is 6.83. The molecule has 8 heteroatoms. The van der Waals surface area contributed by atoms with Gasteiger partial charge in [-0.15, -0.1) is 11.3 Å². The lowest BCUT2D eigenvalue weighted by Crippen LogP contribution is -2.28. The van der Waals surface area contributed by atoms with Crippen molar-refractivity contribution in [3.63, 3.8) is 0 Å². The minimum absolute atomic E-state index is 0.0993. The number of carbonyl (C=O) groups excluding carboxylic acids is 2. The van der Waals surface area contributed by atoms with Crippen LogP contribution in [0.1, 0.15) is 6.42 Å². The molecule has 0 spiro atoms. The van der Waals surface area contributed by atoms with E-state index in [0.29, 0.717) is 23.1 Å². The van der Waals surface area contributed by atoms with Crippen molar-refractivity contribution in [3.05, 3.63) is 53.9 Å². The van der Waals surface area contributed by atoms with Crippen molar-refractivity contribution in [2.45, 2.75) is 6.42 Å². The number of ether oxygens (including phenoxy) is 2. The summed E-state index contributed by atoms with van der Waals surface area (Å²) >= 11 is 1.35. The van der Waals surface area contributed by atoms with E-state index in [-0.39, 0.29) is 18.2 Å². The first-order valence-electron chi connectivity index (χ1n) is 9.43. The Kier molecular flexibility index (Phi) is 5.67. The van der Waals surface area contributed by atoms with Crippen LogP contribution in [0.25, 0.3) is 11.3 Å². The number of amides is 2. The summed E-state index contributed by atoms with van der Waals surface area (Å²) in [6.07, 6.45) is 0.153. The summed E-state index contributed by atoms with van der Waals surface area (Å²) in [7, 11) is 3.18. The average molecular weight is 423 g/mol. The van der Waals surface area contributed by atoms with Crippen LogP contribution in [0.2, 0.25) is 0 Å². The third-order valence-corrected chi connectivity index (χ3v) is 5.75. The van der Waals surface area contributed by atoms with Gasteiger partial charge in [-0.05, 0) is 36.4 Å². The summed E-state index contributed by atoms with van der Waals surface area (Å²) in [6.45, 7) is 0.307. The van der Waals surface area contributed by atoms with Crippen LogP contribution in [0, 0.1) is 5.92 Å². The lowest BCUT2D eigenvalue weighted by atomic mass is 10.1. The van der Waals surface area contributed by atoms with Crippen LogP contribution in [0.15, 0.2) is 53.9 Å². The molecular weight excluding hydrogens is 402 g/mol. The number of carbonyl (C=O) groups is 2. The van der Waals surface area contributed by atoms with Gasteiger partial charge in [0, 0.05) is 23.9 Å². The van der Waals surface area contributed by atoms with Crippen LogP contribution in [-0.2, 0) is 9.59 Å².